The number of ether oxygens (including phenoxy) is 1. The molecule has 76 valence electrons. The van der Waals surface area contributed by atoms with Gasteiger partial charge in [0.2, 0.25) is 0 Å². The molecule has 3 nitrogen and oxygen atoms in total. The smallest absolute Gasteiger partial charge is 0.339 e. The van der Waals surface area contributed by atoms with Gasteiger partial charge in [-0.1, -0.05) is 6.92 Å². The molecule has 0 atom stereocenters. The van der Waals surface area contributed by atoms with Gasteiger partial charge in [0.05, 0.1) is 7.11 Å². The maximum atomic E-state index is 13.0. The first-order valence-corrected chi connectivity index (χ1v) is 4.19. The highest BCUT2D eigenvalue weighted by atomic mass is 19.1. The Labute approximate surface area is 81.1 Å². The summed E-state index contributed by atoms with van der Waals surface area (Å²) in [6.45, 7) is 1.76. The second-order valence-electron chi connectivity index (χ2n) is 2.80. The standard InChI is InChI=1S/C10H11FO3/c1-3-6-4-7(11)5-8(14-2)9(6)10(12)13/h4-5H,3H2,1-2H3,(H,12,13). The molecule has 0 aliphatic heterocycles. The summed E-state index contributed by atoms with van der Waals surface area (Å²) in [6.07, 6.45) is 0.454. The molecule has 0 amide bonds. The number of carbonyl (C=O) groups is 1. The molecule has 1 rings (SSSR count). The normalized spacial score (nSPS) is 9.93. The number of aromatic carboxylic acids is 1. The summed E-state index contributed by atoms with van der Waals surface area (Å²) in [5, 5.41) is 8.90. The number of rotatable bonds is 3. The van der Waals surface area contributed by atoms with Gasteiger partial charge < -0.3 is 9.84 Å². The second kappa shape index (κ2) is 4.09. The number of halogens is 1. The molecule has 0 saturated heterocycles. The third-order valence-corrected chi connectivity index (χ3v) is 1.96. The summed E-state index contributed by atoms with van der Waals surface area (Å²) in [5.74, 6) is -1.52. The van der Waals surface area contributed by atoms with Crippen LogP contribution < -0.4 is 4.74 Å². The molecule has 0 aliphatic carbocycles. The zero-order valence-electron chi connectivity index (χ0n) is 8.00. The number of aryl methyl sites for hydroxylation is 1. The first kappa shape index (κ1) is 10.5. The van der Waals surface area contributed by atoms with Crippen molar-refractivity contribution in [2.45, 2.75) is 13.3 Å². The Morgan fingerprint density at radius 3 is 2.64 bits per heavy atom. The quantitative estimate of drug-likeness (QED) is 0.808. The molecular formula is C10H11FO3. The number of carboxylic acid groups (broad SMARTS) is 1. The molecular weight excluding hydrogens is 187 g/mol. The zero-order chi connectivity index (χ0) is 10.7. The van der Waals surface area contributed by atoms with Crippen LogP contribution in [0.15, 0.2) is 12.1 Å². The summed E-state index contributed by atoms with van der Waals surface area (Å²) < 4.78 is 17.8. The first-order chi connectivity index (χ1) is 6.60. The highest BCUT2D eigenvalue weighted by molar-refractivity contribution is 5.92. The van der Waals surface area contributed by atoms with E-state index in [0.29, 0.717) is 12.0 Å². The van der Waals surface area contributed by atoms with E-state index in [1.165, 1.54) is 13.2 Å². The number of carboxylic acids is 1. The highest BCUT2D eigenvalue weighted by Gasteiger charge is 2.16. The molecule has 1 aromatic rings. The van der Waals surface area contributed by atoms with Crippen LogP contribution in [0.3, 0.4) is 0 Å². The Morgan fingerprint density at radius 1 is 1.57 bits per heavy atom. The Balaban J connectivity index is 3.40. The average Bonchev–Trinajstić information content (AvgIpc) is 2.15. The van der Waals surface area contributed by atoms with E-state index < -0.39 is 11.8 Å². The van der Waals surface area contributed by atoms with Crippen molar-refractivity contribution >= 4 is 5.97 Å². The van der Waals surface area contributed by atoms with Gasteiger partial charge in [0.1, 0.15) is 17.1 Å². The predicted octanol–water partition coefficient (Wildman–Crippen LogP) is 2.09. The molecule has 0 saturated carbocycles. The van der Waals surface area contributed by atoms with Crippen molar-refractivity contribution in [3.63, 3.8) is 0 Å². The van der Waals surface area contributed by atoms with Gasteiger partial charge in [-0.15, -0.1) is 0 Å². The van der Waals surface area contributed by atoms with E-state index in [4.69, 9.17) is 9.84 Å². The van der Waals surface area contributed by atoms with Crippen LogP contribution in [-0.2, 0) is 6.42 Å². The SMILES string of the molecule is CCc1cc(F)cc(OC)c1C(=O)O. The van der Waals surface area contributed by atoms with Gasteiger partial charge in [-0.05, 0) is 18.1 Å². The van der Waals surface area contributed by atoms with Gasteiger partial charge in [-0.3, -0.25) is 0 Å². The van der Waals surface area contributed by atoms with Gasteiger partial charge in [0, 0.05) is 6.07 Å². The lowest BCUT2D eigenvalue weighted by Crippen LogP contribution is -2.05. The number of benzene rings is 1. The van der Waals surface area contributed by atoms with Crippen molar-refractivity contribution in [1.82, 2.24) is 0 Å². The lowest BCUT2D eigenvalue weighted by atomic mass is 10.0. The van der Waals surface area contributed by atoms with Crippen LogP contribution in [0.2, 0.25) is 0 Å². The fourth-order valence-corrected chi connectivity index (χ4v) is 1.32. The van der Waals surface area contributed by atoms with Gasteiger partial charge in [0.15, 0.2) is 0 Å². The minimum atomic E-state index is -1.10. The Morgan fingerprint density at radius 2 is 2.21 bits per heavy atom. The average molecular weight is 198 g/mol. The van der Waals surface area contributed by atoms with Gasteiger partial charge in [-0.2, -0.15) is 0 Å². The van der Waals surface area contributed by atoms with Crippen molar-refractivity contribution in [3.05, 3.63) is 29.1 Å². The van der Waals surface area contributed by atoms with Gasteiger partial charge in [-0.25, -0.2) is 9.18 Å². The molecule has 0 fully saturated rings. The van der Waals surface area contributed by atoms with Crippen molar-refractivity contribution in [3.8, 4) is 5.75 Å². The van der Waals surface area contributed by atoms with E-state index in [1.807, 2.05) is 0 Å². The van der Waals surface area contributed by atoms with Crippen LogP contribution in [0.5, 0.6) is 5.75 Å². The van der Waals surface area contributed by atoms with E-state index in [0.717, 1.165) is 6.07 Å². The van der Waals surface area contributed by atoms with Crippen LogP contribution in [0.25, 0.3) is 0 Å². The third-order valence-electron chi connectivity index (χ3n) is 1.96. The number of hydrogen-bond acceptors (Lipinski definition) is 2. The Bertz CT molecular complexity index is 335. The summed E-state index contributed by atoms with van der Waals surface area (Å²) >= 11 is 0. The zero-order valence-corrected chi connectivity index (χ0v) is 8.00. The molecule has 14 heavy (non-hydrogen) atoms. The third kappa shape index (κ3) is 1.84. The van der Waals surface area contributed by atoms with Crippen LogP contribution in [0.1, 0.15) is 22.8 Å². The van der Waals surface area contributed by atoms with Crippen molar-refractivity contribution in [1.29, 1.82) is 0 Å². The minimum Gasteiger partial charge on any atom is -0.496 e. The van der Waals surface area contributed by atoms with Crippen LogP contribution in [0.4, 0.5) is 4.39 Å². The van der Waals surface area contributed by atoms with E-state index in [1.54, 1.807) is 6.92 Å². The highest BCUT2D eigenvalue weighted by Crippen LogP contribution is 2.24. The first-order valence-electron chi connectivity index (χ1n) is 4.19. The number of hydrogen-bond donors (Lipinski definition) is 1. The molecule has 0 heterocycles. The van der Waals surface area contributed by atoms with Crippen LogP contribution in [-0.4, -0.2) is 18.2 Å². The summed E-state index contributed by atoms with van der Waals surface area (Å²) in [4.78, 5) is 10.9. The molecule has 1 N–H and O–H groups in total. The summed E-state index contributed by atoms with van der Waals surface area (Å²) in [6, 6.07) is 2.29. The molecule has 4 heteroatoms. The predicted molar refractivity (Wildman–Crippen MR) is 49.3 cm³/mol. The summed E-state index contributed by atoms with van der Waals surface area (Å²) in [5.41, 5.74) is 0.478. The van der Waals surface area contributed by atoms with E-state index in [-0.39, 0.29) is 11.3 Å². The topological polar surface area (TPSA) is 46.5 Å². The molecule has 1 aromatic carbocycles. The van der Waals surface area contributed by atoms with Crippen molar-refractivity contribution < 1.29 is 19.0 Å². The largest absolute Gasteiger partial charge is 0.496 e. The van der Waals surface area contributed by atoms with E-state index in [2.05, 4.69) is 0 Å². The molecule has 0 aliphatic rings. The minimum absolute atomic E-state index is 0.0383. The lowest BCUT2D eigenvalue weighted by Gasteiger charge is -2.09. The molecule has 0 unspecified atom stereocenters. The van der Waals surface area contributed by atoms with Gasteiger partial charge >= 0.3 is 5.97 Å². The molecule has 0 radical (unpaired) electrons. The van der Waals surface area contributed by atoms with Gasteiger partial charge in [0.25, 0.3) is 0 Å². The summed E-state index contributed by atoms with van der Waals surface area (Å²) in [7, 11) is 1.32. The second-order valence-corrected chi connectivity index (χ2v) is 2.80. The van der Waals surface area contributed by atoms with E-state index >= 15 is 0 Å². The van der Waals surface area contributed by atoms with E-state index in [9.17, 15) is 9.18 Å². The molecule has 0 bridgehead atoms. The van der Waals surface area contributed by atoms with Crippen molar-refractivity contribution in [2.75, 3.05) is 7.11 Å². The number of methoxy groups -OCH3 is 1. The van der Waals surface area contributed by atoms with Crippen molar-refractivity contribution in [2.24, 2.45) is 0 Å². The molecule has 0 aromatic heterocycles. The fourth-order valence-electron chi connectivity index (χ4n) is 1.32. The monoisotopic (exact) mass is 198 g/mol. The maximum absolute atomic E-state index is 13.0. The molecule has 0 spiro atoms. The van der Waals surface area contributed by atoms with Crippen LogP contribution in [0, 0.1) is 5.82 Å². The maximum Gasteiger partial charge on any atom is 0.339 e. The lowest BCUT2D eigenvalue weighted by molar-refractivity contribution is 0.0692. The van der Waals surface area contributed by atoms with Crippen LogP contribution >= 0.6 is 0 Å². The fraction of sp³-hybridized carbons (Fsp3) is 0.300. The Kier molecular flexibility index (Phi) is 3.06. The Hall–Kier alpha value is -1.58.